The summed E-state index contributed by atoms with van der Waals surface area (Å²) < 4.78 is 33.5. The monoisotopic (exact) mass is 203 g/mol. The summed E-state index contributed by atoms with van der Waals surface area (Å²) in [7, 11) is 0. The quantitative estimate of drug-likeness (QED) is 0.643. The van der Waals surface area contributed by atoms with Crippen molar-refractivity contribution in [2.24, 2.45) is 0 Å². The highest BCUT2D eigenvalue weighted by molar-refractivity contribution is 5.11. The van der Waals surface area contributed by atoms with Crippen LogP contribution < -0.4 is 5.32 Å². The van der Waals surface area contributed by atoms with Crippen molar-refractivity contribution >= 4 is 0 Å². The van der Waals surface area contributed by atoms with Crippen LogP contribution in [-0.2, 0) is 0 Å². The van der Waals surface area contributed by atoms with Gasteiger partial charge in [0.2, 0.25) is 0 Å². The van der Waals surface area contributed by atoms with Gasteiger partial charge < -0.3 is 5.32 Å². The molecule has 0 amide bonds. The van der Waals surface area contributed by atoms with Crippen LogP contribution in [0, 0.1) is 6.92 Å². The number of halogens is 3. The van der Waals surface area contributed by atoms with Crippen molar-refractivity contribution in [3.8, 4) is 0 Å². The minimum Gasteiger partial charge on any atom is -0.303 e. The van der Waals surface area contributed by atoms with Gasteiger partial charge in [-0.25, -0.2) is 0 Å². The molecular formula is C10H12F3N. The molecule has 1 atom stereocenters. The van der Waals surface area contributed by atoms with Crippen LogP contribution in [0.4, 0.5) is 13.2 Å². The number of nitrogens with one attached hydrogen (secondary N) is 1. The van der Waals surface area contributed by atoms with E-state index in [9.17, 15) is 13.2 Å². The van der Waals surface area contributed by atoms with Crippen LogP contribution in [0.25, 0.3) is 0 Å². The van der Waals surface area contributed by atoms with Crippen molar-refractivity contribution in [3.05, 3.63) is 35.9 Å². The number of benzene rings is 1. The largest absolute Gasteiger partial charge is 0.405 e. The summed E-state index contributed by atoms with van der Waals surface area (Å²) in [6.45, 7) is 2.18. The van der Waals surface area contributed by atoms with E-state index in [1.54, 1.807) is 0 Å². The maximum Gasteiger partial charge on any atom is 0.405 e. The topological polar surface area (TPSA) is 21.9 Å². The van der Waals surface area contributed by atoms with Gasteiger partial charge in [-0.1, -0.05) is 35.9 Å². The molecule has 1 aliphatic rings. The first kappa shape index (κ1) is 11.0. The lowest BCUT2D eigenvalue weighted by Gasteiger charge is -1.98. The van der Waals surface area contributed by atoms with Gasteiger partial charge in [0.25, 0.3) is 0 Å². The predicted molar refractivity (Wildman–Crippen MR) is 49.0 cm³/mol. The summed E-state index contributed by atoms with van der Waals surface area (Å²) in [6, 6.07) is 9.06. The Kier molecular flexibility index (Phi) is 3.52. The average molecular weight is 203 g/mol. The minimum absolute atomic E-state index is 0.101. The lowest BCUT2D eigenvalue weighted by Crippen LogP contribution is -2.18. The molecule has 1 fully saturated rings. The van der Waals surface area contributed by atoms with E-state index >= 15 is 0 Å². The molecule has 2 rings (SSSR count). The Morgan fingerprint density at radius 1 is 1.21 bits per heavy atom. The molecule has 1 aliphatic heterocycles. The fourth-order valence-corrected chi connectivity index (χ4v) is 0.825. The fourth-order valence-electron chi connectivity index (χ4n) is 0.825. The zero-order valence-corrected chi connectivity index (χ0v) is 7.81. The van der Waals surface area contributed by atoms with E-state index in [0.29, 0.717) is 0 Å². The average Bonchev–Trinajstić information content (AvgIpc) is 2.86. The maximum atomic E-state index is 11.2. The highest BCUT2D eigenvalue weighted by atomic mass is 19.4. The molecule has 0 aromatic heterocycles. The number of hydrogen-bond acceptors (Lipinski definition) is 1. The molecule has 1 unspecified atom stereocenters. The Morgan fingerprint density at radius 3 is 1.86 bits per heavy atom. The van der Waals surface area contributed by atoms with Crippen LogP contribution in [0.2, 0.25) is 0 Å². The maximum absolute atomic E-state index is 11.2. The second-order valence-electron chi connectivity index (χ2n) is 3.16. The van der Waals surface area contributed by atoms with Crippen LogP contribution in [0.5, 0.6) is 0 Å². The van der Waals surface area contributed by atoms with Crippen molar-refractivity contribution in [2.75, 3.05) is 6.54 Å². The molecule has 1 nitrogen and oxygen atoms in total. The standard InChI is InChI=1S/C7H8.C3H4F3N/c1-7-5-3-2-4-6-7;4-3(5,6)2-1-7-2/h2-6H,1H3;2,7H,1H2. The van der Waals surface area contributed by atoms with Crippen LogP contribution in [-0.4, -0.2) is 18.8 Å². The number of hydrogen-bond donors (Lipinski definition) is 1. The molecule has 78 valence electrons. The summed E-state index contributed by atoms with van der Waals surface area (Å²) in [5, 5.41) is 2.15. The zero-order chi connectivity index (χ0) is 10.6. The normalized spacial score (nSPS) is 19.6. The van der Waals surface area contributed by atoms with Crippen molar-refractivity contribution < 1.29 is 13.2 Å². The van der Waals surface area contributed by atoms with E-state index in [2.05, 4.69) is 24.4 Å². The van der Waals surface area contributed by atoms with Gasteiger partial charge >= 0.3 is 6.18 Å². The lowest BCUT2D eigenvalue weighted by atomic mass is 10.2. The third kappa shape index (κ3) is 4.28. The molecule has 0 saturated carbocycles. The first-order chi connectivity index (χ1) is 6.50. The van der Waals surface area contributed by atoms with Gasteiger partial charge in [-0.2, -0.15) is 13.2 Å². The van der Waals surface area contributed by atoms with Gasteiger partial charge in [0.15, 0.2) is 0 Å². The number of aryl methyl sites for hydroxylation is 1. The van der Waals surface area contributed by atoms with Gasteiger partial charge in [0.1, 0.15) is 6.04 Å². The van der Waals surface area contributed by atoms with Crippen LogP contribution in [0.15, 0.2) is 30.3 Å². The molecule has 14 heavy (non-hydrogen) atoms. The van der Waals surface area contributed by atoms with Gasteiger partial charge in [-0.15, -0.1) is 0 Å². The molecule has 0 aliphatic carbocycles. The van der Waals surface area contributed by atoms with Gasteiger partial charge in [0, 0.05) is 6.54 Å². The summed E-state index contributed by atoms with van der Waals surface area (Å²) in [6.07, 6.45) is -4.00. The van der Waals surface area contributed by atoms with Gasteiger partial charge in [0.05, 0.1) is 0 Å². The summed E-state index contributed by atoms with van der Waals surface area (Å²) in [4.78, 5) is 0. The van der Waals surface area contributed by atoms with E-state index in [4.69, 9.17) is 0 Å². The summed E-state index contributed by atoms with van der Waals surface area (Å²) >= 11 is 0. The highest BCUT2D eigenvalue weighted by Gasteiger charge is 2.46. The van der Waals surface area contributed by atoms with E-state index in [0.717, 1.165) is 0 Å². The minimum atomic E-state index is -4.00. The second-order valence-corrected chi connectivity index (χ2v) is 3.16. The molecule has 0 spiro atoms. The molecule has 0 bridgehead atoms. The van der Waals surface area contributed by atoms with Gasteiger partial charge in [-0.05, 0) is 6.92 Å². The third-order valence-corrected chi connectivity index (χ3v) is 1.74. The number of alkyl halides is 3. The van der Waals surface area contributed by atoms with Crippen LogP contribution in [0.3, 0.4) is 0 Å². The Bertz CT molecular complexity index is 264. The fraction of sp³-hybridized carbons (Fsp3) is 0.400. The van der Waals surface area contributed by atoms with Crippen molar-refractivity contribution in [1.82, 2.24) is 5.32 Å². The van der Waals surface area contributed by atoms with Crippen LogP contribution >= 0.6 is 0 Å². The Labute approximate surface area is 80.9 Å². The van der Waals surface area contributed by atoms with E-state index in [1.165, 1.54) is 5.56 Å². The molecular weight excluding hydrogens is 191 g/mol. The molecule has 0 radical (unpaired) electrons. The molecule has 1 heterocycles. The lowest BCUT2D eigenvalue weighted by molar-refractivity contribution is -0.128. The molecule has 1 saturated heterocycles. The zero-order valence-electron chi connectivity index (χ0n) is 7.81. The number of rotatable bonds is 0. The molecule has 1 N–H and O–H groups in total. The van der Waals surface area contributed by atoms with Crippen LogP contribution in [0.1, 0.15) is 5.56 Å². The highest BCUT2D eigenvalue weighted by Crippen LogP contribution is 2.24. The van der Waals surface area contributed by atoms with Crippen molar-refractivity contribution in [3.63, 3.8) is 0 Å². The molecule has 1 aromatic carbocycles. The Morgan fingerprint density at radius 2 is 1.71 bits per heavy atom. The SMILES string of the molecule is Cc1ccccc1.FC(F)(F)C1CN1. The van der Waals surface area contributed by atoms with Gasteiger partial charge in [-0.3, -0.25) is 0 Å². The summed E-state index contributed by atoms with van der Waals surface area (Å²) in [5.41, 5.74) is 1.32. The first-order valence-corrected chi connectivity index (χ1v) is 4.32. The smallest absolute Gasteiger partial charge is 0.303 e. The Balaban J connectivity index is 0.000000140. The first-order valence-electron chi connectivity index (χ1n) is 4.32. The summed E-state index contributed by atoms with van der Waals surface area (Å²) in [5.74, 6) is 0. The van der Waals surface area contributed by atoms with E-state index < -0.39 is 12.2 Å². The third-order valence-electron chi connectivity index (χ3n) is 1.74. The van der Waals surface area contributed by atoms with Crippen molar-refractivity contribution in [1.29, 1.82) is 0 Å². The molecule has 1 aromatic rings. The Hall–Kier alpha value is -1.03. The second kappa shape index (κ2) is 4.46. The van der Waals surface area contributed by atoms with E-state index in [1.807, 2.05) is 18.2 Å². The molecule has 4 heteroatoms. The van der Waals surface area contributed by atoms with Crippen molar-refractivity contribution in [2.45, 2.75) is 19.1 Å². The predicted octanol–water partition coefficient (Wildman–Crippen LogP) is 2.52. The van der Waals surface area contributed by atoms with E-state index in [-0.39, 0.29) is 6.54 Å².